The summed E-state index contributed by atoms with van der Waals surface area (Å²) in [6.07, 6.45) is 1.25. The summed E-state index contributed by atoms with van der Waals surface area (Å²) in [6, 6.07) is 0. The minimum atomic E-state index is -0.666. The van der Waals surface area contributed by atoms with Gasteiger partial charge in [-0.25, -0.2) is 4.79 Å². The largest absolute Gasteiger partial charge is 0.518 e. The zero-order valence-electron chi connectivity index (χ0n) is 4.49. The number of hydrogen-bond donors (Lipinski definition) is 0. The smallest absolute Gasteiger partial charge is 0.399 e. The summed E-state index contributed by atoms with van der Waals surface area (Å²) in [5.74, 6) is -0.180. The van der Waals surface area contributed by atoms with E-state index in [1.165, 1.54) is 6.26 Å². The lowest BCUT2D eigenvalue weighted by Gasteiger charge is -1.75. The number of rotatable bonds is 1. The van der Waals surface area contributed by atoms with Crippen molar-refractivity contribution in [2.45, 2.75) is 6.10 Å². The topological polar surface area (TPSA) is 55.9 Å². The molecule has 0 aromatic carbocycles. The van der Waals surface area contributed by atoms with Crippen LogP contribution in [0.25, 0.3) is 0 Å². The van der Waals surface area contributed by atoms with Gasteiger partial charge in [0.05, 0.1) is 6.61 Å². The lowest BCUT2D eigenvalue weighted by molar-refractivity contribution is 0.339. The predicted octanol–water partition coefficient (Wildman–Crippen LogP) is 0.304. The Labute approximate surface area is 50.0 Å². The maximum absolute atomic E-state index is 10.2. The van der Waals surface area contributed by atoms with E-state index in [9.17, 15) is 4.79 Å². The summed E-state index contributed by atoms with van der Waals surface area (Å²) >= 11 is 0. The third kappa shape index (κ3) is 0.768. The highest BCUT2D eigenvalue weighted by Gasteiger charge is 2.29. The van der Waals surface area contributed by atoms with Gasteiger partial charge < -0.3 is 13.6 Å². The van der Waals surface area contributed by atoms with Crippen LogP contribution in [-0.2, 0) is 4.74 Å². The quantitative estimate of drug-likeness (QED) is 0.510. The molecule has 0 aliphatic carbocycles. The maximum atomic E-state index is 10.2. The average Bonchev–Trinajstić information content (AvgIpc) is 2.58. The van der Waals surface area contributed by atoms with E-state index in [2.05, 4.69) is 8.83 Å². The first-order valence-electron chi connectivity index (χ1n) is 2.56. The fraction of sp³-hybridized carbons (Fsp3) is 0.400. The highest BCUT2D eigenvalue weighted by Crippen LogP contribution is 2.28. The number of hydrogen-bond acceptors (Lipinski definition) is 4. The van der Waals surface area contributed by atoms with E-state index in [0.717, 1.165) is 0 Å². The van der Waals surface area contributed by atoms with Crippen LogP contribution < -0.4 is 5.82 Å². The third-order valence-corrected chi connectivity index (χ3v) is 1.12. The molecule has 1 aromatic heterocycles. The predicted molar refractivity (Wildman–Crippen MR) is 25.9 cm³/mol. The molecule has 4 nitrogen and oxygen atoms in total. The van der Waals surface area contributed by atoms with Gasteiger partial charge in [0.25, 0.3) is 0 Å². The molecule has 0 saturated carbocycles. The molecule has 0 N–H and O–H groups in total. The monoisotopic (exact) mass is 128 g/mol. The van der Waals surface area contributed by atoms with Crippen molar-refractivity contribution in [1.29, 1.82) is 0 Å². The fourth-order valence-electron chi connectivity index (χ4n) is 0.605. The van der Waals surface area contributed by atoms with E-state index in [1.54, 1.807) is 0 Å². The second-order valence-corrected chi connectivity index (χ2v) is 1.81. The Morgan fingerprint density at radius 1 is 1.67 bits per heavy atom. The normalized spacial score (nSPS) is 24.2. The van der Waals surface area contributed by atoms with Crippen LogP contribution in [0.4, 0.5) is 0 Å². The Morgan fingerprint density at radius 3 is 2.89 bits per heavy atom. The van der Waals surface area contributed by atoms with Crippen LogP contribution in [0.2, 0.25) is 0 Å². The Hall–Kier alpha value is -1.03. The van der Waals surface area contributed by atoms with Gasteiger partial charge in [-0.15, -0.1) is 0 Å². The van der Waals surface area contributed by atoms with Crippen LogP contribution >= 0.6 is 0 Å². The summed E-state index contributed by atoms with van der Waals surface area (Å²) in [5.41, 5.74) is 0. The van der Waals surface area contributed by atoms with Crippen molar-refractivity contribution in [2.24, 2.45) is 0 Å². The van der Waals surface area contributed by atoms with E-state index in [4.69, 9.17) is 4.74 Å². The van der Waals surface area contributed by atoms with E-state index >= 15 is 0 Å². The highest BCUT2D eigenvalue weighted by atomic mass is 16.6. The van der Waals surface area contributed by atoms with Gasteiger partial charge in [-0.3, -0.25) is 0 Å². The van der Waals surface area contributed by atoms with Crippen LogP contribution in [0.5, 0.6) is 0 Å². The number of epoxide rings is 1. The molecule has 1 aliphatic rings. The molecule has 2 rings (SSSR count). The van der Waals surface area contributed by atoms with Crippen LogP contribution in [0.15, 0.2) is 19.9 Å². The van der Waals surface area contributed by atoms with Gasteiger partial charge in [-0.2, -0.15) is 0 Å². The molecule has 2 heterocycles. The van der Waals surface area contributed by atoms with Crippen molar-refractivity contribution in [3.05, 3.63) is 22.6 Å². The van der Waals surface area contributed by atoms with Crippen molar-refractivity contribution < 1.29 is 13.6 Å². The SMILES string of the molecule is O=c1occ(C2CO2)o1. The fourth-order valence-corrected chi connectivity index (χ4v) is 0.605. The van der Waals surface area contributed by atoms with Gasteiger partial charge in [0, 0.05) is 0 Å². The van der Waals surface area contributed by atoms with Gasteiger partial charge >= 0.3 is 5.82 Å². The van der Waals surface area contributed by atoms with Gasteiger partial charge in [0.1, 0.15) is 12.4 Å². The summed E-state index contributed by atoms with van der Waals surface area (Å²) in [7, 11) is 0. The zero-order chi connectivity index (χ0) is 6.27. The van der Waals surface area contributed by atoms with Crippen molar-refractivity contribution >= 4 is 0 Å². The standard InChI is InChI=1S/C5H4O4/c6-5-8-2-4(9-5)3-1-7-3/h2-3H,1H2. The first kappa shape index (κ1) is 4.81. The van der Waals surface area contributed by atoms with Crippen LogP contribution in [0.1, 0.15) is 11.9 Å². The van der Waals surface area contributed by atoms with E-state index in [0.29, 0.717) is 12.4 Å². The lowest BCUT2D eigenvalue weighted by atomic mass is 10.4. The van der Waals surface area contributed by atoms with Crippen LogP contribution in [0, 0.1) is 0 Å². The molecular formula is C5H4O4. The van der Waals surface area contributed by atoms with Gasteiger partial charge in [-0.05, 0) is 0 Å². The molecule has 0 radical (unpaired) electrons. The number of ether oxygens (including phenoxy) is 1. The first-order valence-corrected chi connectivity index (χ1v) is 2.56. The molecule has 1 saturated heterocycles. The summed E-state index contributed by atoms with van der Waals surface area (Å²) in [5, 5.41) is 0. The molecule has 48 valence electrons. The molecule has 0 bridgehead atoms. The van der Waals surface area contributed by atoms with Gasteiger partial charge in [0.15, 0.2) is 5.76 Å². The molecule has 1 aromatic rings. The van der Waals surface area contributed by atoms with Crippen LogP contribution in [0.3, 0.4) is 0 Å². The second-order valence-electron chi connectivity index (χ2n) is 1.81. The minimum Gasteiger partial charge on any atom is -0.399 e. The van der Waals surface area contributed by atoms with Crippen molar-refractivity contribution in [1.82, 2.24) is 0 Å². The van der Waals surface area contributed by atoms with E-state index < -0.39 is 5.82 Å². The van der Waals surface area contributed by atoms with Gasteiger partial charge in [0.2, 0.25) is 0 Å². The molecule has 9 heavy (non-hydrogen) atoms. The van der Waals surface area contributed by atoms with Crippen LogP contribution in [-0.4, -0.2) is 6.61 Å². The van der Waals surface area contributed by atoms with Crippen molar-refractivity contribution in [3.8, 4) is 0 Å². The Bertz CT molecular complexity index is 254. The molecule has 1 fully saturated rings. The van der Waals surface area contributed by atoms with Crippen molar-refractivity contribution in [2.75, 3.05) is 6.61 Å². The zero-order valence-corrected chi connectivity index (χ0v) is 4.49. The molecule has 1 unspecified atom stereocenters. The summed E-state index contributed by atoms with van der Waals surface area (Å²) in [6.45, 7) is 0.627. The van der Waals surface area contributed by atoms with E-state index in [-0.39, 0.29) is 6.10 Å². The average molecular weight is 128 g/mol. The molecule has 4 heteroatoms. The summed E-state index contributed by atoms with van der Waals surface area (Å²) in [4.78, 5) is 10.2. The molecule has 1 aliphatic heterocycles. The van der Waals surface area contributed by atoms with Crippen molar-refractivity contribution in [3.63, 3.8) is 0 Å². The summed E-state index contributed by atoms with van der Waals surface area (Å²) < 4.78 is 13.7. The minimum absolute atomic E-state index is 0.0311. The second kappa shape index (κ2) is 1.48. The van der Waals surface area contributed by atoms with E-state index in [1.807, 2.05) is 0 Å². The highest BCUT2D eigenvalue weighted by molar-refractivity contribution is 4.97. The Kier molecular flexibility index (Phi) is 0.790. The molecule has 0 spiro atoms. The van der Waals surface area contributed by atoms with Gasteiger partial charge in [-0.1, -0.05) is 0 Å². The molecular weight excluding hydrogens is 124 g/mol. The first-order chi connectivity index (χ1) is 4.36. The Morgan fingerprint density at radius 2 is 2.44 bits per heavy atom. The molecule has 0 amide bonds. The maximum Gasteiger partial charge on any atom is 0.518 e. The lowest BCUT2D eigenvalue weighted by Crippen LogP contribution is -1.86. The Balaban J connectivity index is 2.38. The third-order valence-electron chi connectivity index (χ3n) is 1.12. The molecule has 1 atom stereocenters.